The number of carbonyl (C=O) groups excluding carboxylic acids is 1. The van der Waals surface area contributed by atoms with Gasteiger partial charge in [0.1, 0.15) is 0 Å². The molecule has 5 nitrogen and oxygen atoms in total. The normalized spacial score (nSPS) is 24.4. The van der Waals surface area contributed by atoms with Crippen LogP contribution in [0.5, 0.6) is 0 Å². The van der Waals surface area contributed by atoms with Crippen molar-refractivity contribution in [1.82, 2.24) is 10.2 Å². The zero-order chi connectivity index (χ0) is 15.0. The molecule has 114 valence electrons. The Bertz CT molecular complexity index is 394. The lowest BCUT2D eigenvalue weighted by molar-refractivity contribution is -0.141. The van der Waals surface area contributed by atoms with Crippen LogP contribution in [0.25, 0.3) is 0 Å². The van der Waals surface area contributed by atoms with Crippen molar-refractivity contribution < 1.29 is 14.7 Å². The van der Waals surface area contributed by atoms with E-state index in [-0.39, 0.29) is 29.2 Å². The van der Waals surface area contributed by atoms with Gasteiger partial charge in [0.2, 0.25) is 5.91 Å². The molecule has 0 aromatic heterocycles. The van der Waals surface area contributed by atoms with Crippen LogP contribution >= 0.6 is 0 Å². The van der Waals surface area contributed by atoms with Crippen molar-refractivity contribution in [3.63, 3.8) is 0 Å². The molecule has 1 unspecified atom stereocenters. The van der Waals surface area contributed by atoms with Crippen molar-refractivity contribution in [3.05, 3.63) is 0 Å². The standard InChI is InChI=1S/C15H26N2O3/c1-14(2,3)17(9-4-12(18)19)13(20)11-10-15(11)5-7-16-8-6-15/h11,16H,4-10H2,1-3H3,(H,18,19). The summed E-state index contributed by atoms with van der Waals surface area (Å²) in [6, 6.07) is 0. The number of nitrogens with zero attached hydrogens (tertiary/aromatic N) is 1. The first kappa shape index (κ1) is 15.3. The number of amides is 1. The van der Waals surface area contributed by atoms with Gasteiger partial charge in [-0.15, -0.1) is 0 Å². The Hall–Kier alpha value is -1.10. The van der Waals surface area contributed by atoms with Crippen LogP contribution in [0.2, 0.25) is 0 Å². The maximum absolute atomic E-state index is 12.8. The summed E-state index contributed by atoms with van der Waals surface area (Å²) in [5.74, 6) is -0.585. The van der Waals surface area contributed by atoms with E-state index < -0.39 is 5.97 Å². The van der Waals surface area contributed by atoms with Gasteiger partial charge in [-0.05, 0) is 58.5 Å². The van der Waals surface area contributed by atoms with E-state index >= 15 is 0 Å². The van der Waals surface area contributed by atoms with Gasteiger partial charge in [-0.25, -0.2) is 0 Å². The van der Waals surface area contributed by atoms with Gasteiger partial charge in [0.25, 0.3) is 0 Å². The molecule has 0 bridgehead atoms. The molecule has 1 spiro atoms. The van der Waals surface area contributed by atoms with Crippen LogP contribution in [-0.2, 0) is 9.59 Å². The number of hydrogen-bond acceptors (Lipinski definition) is 3. The molecule has 5 heteroatoms. The van der Waals surface area contributed by atoms with Crippen molar-refractivity contribution in [2.45, 2.75) is 52.0 Å². The Labute approximate surface area is 120 Å². The number of hydrogen-bond donors (Lipinski definition) is 2. The zero-order valence-electron chi connectivity index (χ0n) is 12.7. The third-order valence-corrected chi connectivity index (χ3v) is 4.71. The summed E-state index contributed by atoms with van der Waals surface area (Å²) in [5, 5.41) is 12.2. The molecule has 1 aliphatic heterocycles. The van der Waals surface area contributed by atoms with E-state index in [1.165, 1.54) is 0 Å². The van der Waals surface area contributed by atoms with Crippen molar-refractivity contribution in [2.75, 3.05) is 19.6 Å². The highest BCUT2D eigenvalue weighted by Gasteiger charge is 2.59. The molecule has 20 heavy (non-hydrogen) atoms. The smallest absolute Gasteiger partial charge is 0.305 e. The van der Waals surface area contributed by atoms with Gasteiger partial charge >= 0.3 is 5.97 Å². The molecule has 2 N–H and O–H groups in total. The Morgan fingerprint density at radius 2 is 1.90 bits per heavy atom. The van der Waals surface area contributed by atoms with Crippen LogP contribution in [0.4, 0.5) is 0 Å². The minimum absolute atomic E-state index is 0.0181. The second-order valence-corrected chi connectivity index (χ2v) is 7.17. The fourth-order valence-electron chi connectivity index (χ4n) is 3.35. The van der Waals surface area contributed by atoms with E-state index in [1.54, 1.807) is 4.90 Å². The van der Waals surface area contributed by atoms with Gasteiger partial charge in [0.15, 0.2) is 0 Å². The zero-order valence-corrected chi connectivity index (χ0v) is 12.7. The molecule has 1 aliphatic carbocycles. The minimum atomic E-state index is -0.848. The lowest BCUT2D eigenvalue weighted by Crippen LogP contribution is -2.48. The summed E-state index contributed by atoms with van der Waals surface area (Å²) in [6.07, 6.45) is 3.14. The number of carboxylic acid groups (broad SMARTS) is 1. The van der Waals surface area contributed by atoms with Crippen LogP contribution < -0.4 is 5.32 Å². The number of nitrogens with one attached hydrogen (secondary N) is 1. The van der Waals surface area contributed by atoms with Crippen LogP contribution in [-0.4, -0.2) is 47.1 Å². The van der Waals surface area contributed by atoms with Gasteiger partial charge in [-0.1, -0.05) is 0 Å². The first-order valence-corrected chi connectivity index (χ1v) is 7.50. The van der Waals surface area contributed by atoms with Crippen LogP contribution in [0.3, 0.4) is 0 Å². The average Bonchev–Trinajstić information content (AvgIpc) is 3.01. The van der Waals surface area contributed by atoms with Gasteiger partial charge in [-0.3, -0.25) is 9.59 Å². The highest BCUT2D eigenvalue weighted by atomic mass is 16.4. The maximum Gasteiger partial charge on any atom is 0.305 e. The van der Waals surface area contributed by atoms with E-state index in [4.69, 9.17) is 5.11 Å². The number of piperidine rings is 1. The number of rotatable bonds is 4. The predicted octanol–water partition coefficient (Wildman–Crippen LogP) is 1.48. The molecule has 2 rings (SSSR count). The highest BCUT2D eigenvalue weighted by Crippen LogP contribution is 2.59. The Balaban J connectivity index is 2.02. The molecule has 1 heterocycles. The van der Waals surface area contributed by atoms with Crippen molar-refractivity contribution >= 4 is 11.9 Å². The van der Waals surface area contributed by atoms with E-state index in [0.29, 0.717) is 6.54 Å². The van der Waals surface area contributed by atoms with Crippen LogP contribution in [0, 0.1) is 11.3 Å². The van der Waals surface area contributed by atoms with Crippen LogP contribution in [0.1, 0.15) is 46.5 Å². The second-order valence-electron chi connectivity index (χ2n) is 7.17. The molecule has 0 aromatic rings. The van der Waals surface area contributed by atoms with Crippen molar-refractivity contribution in [1.29, 1.82) is 0 Å². The van der Waals surface area contributed by atoms with Crippen LogP contribution in [0.15, 0.2) is 0 Å². The topological polar surface area (TPSA) is 69.6 Å². The maximum atomic E-state index is 12.8. The molecular weight excluding hydrogens is 256 g/mol. The largest absolute Gasteiger partial charge is 0.481 e. The number of carbonyl (C=O) groups is 2. The van der Waals surface area contributed by atoms with Gasteiger partial charge in [0, 0.05) is 18.0 Å². The lowest BCUT2D eigenvalue weighted by atomic mass is 9.91. The Kier molecular flexibility index (Phi) is 4.09. The summed E-state index contributed by atoms with van der Waals surface area (Å²) < 4.78 is 0. The van der Waals surface area contributed by atoms with E-state index in [1.807, 2.05) is 20.8 Å². The monoisotopic (exact) mass is 282 g/mol. The SMILES string of the molecule is CC(C)(C)N(CCC(=O)O)C(=O)C1CC12CCNCC2. The van der Waals surface area contributed by atoms with Crippen molar-refractivity contribution in [2.24, 2.45) is 11.3 Å². The number of carboxylic acids is 1. The number of aliphatic carboxylic acids is 1. The summed E-state index contributed by atoms with van der Waals surface area (Å²) in [4.78, 5) is 25.3. The molecule has 1 saturated carbocycles. The fourth-order valence-corrected chi connectivity index (χ4v) is 3.35. The van der Waals surface area contributed by atoms with E-state index in [2.05, 4.69) is 5.32 Å². The third-order valence-electron chi connectivity index (χ3n) is 4.71. The van der Waals surface area contributed by atoms with E-state index in [9.17, 15) is 9.59 Å². The second kappa shape index (κ2) is 5.35. The molecule has 1 atom stereocenters. The Morgan fingerprint density at radius 3 is 2.40 bits per heavy atom. The van der Waals surface area contributed by atoms with Gasteiger partial charge in [-0.2, -0.15) is 0 Å². The highest BCUT2D eigenvalue weighted by molar-refractivity contribution is 5.84. The third kappa shape index (κ3) is 3.14. The average molecular weight is 282 g/mol. The molecule has 0 aromatic carbocycles. The summed E-state index contributed by atoms with van der Waals surface area (Å²) >= 11 is 0. The minimum Gasteiger partial charge on any atom is -0.481 e. The lowest BCUT2D eigenvalue weighted by Gasteiger charge is -2.36. The quantitative estimate of drug-likeness (QED) is 0.819. The summed E-state index contributed by atoms with van der Waals surface area (Å²) in [7, 11) is 0. The Morgan fingerprint density at radius 1 is 1.30 bits per heavy atom. The predicted molar refractivity (Wildman–Crippen MR) is 76.4 cm³/mol. The van der Waals surface area contributed by atoms with Gasteiger partial charge in [0.05, 0.1) is 6.42 Å². The van der Waals surface area contributed by atoms with Crippen molar-refractivity contribution in [3.8, 4) is 0 Å². The van der Waals surface area contributed by atoms with Gasteiger partial charge < -0.3 is 15.3 Å². The summed E-state index contributed by atoms with van der Waals surface area (Å²) in [6.45, 7) is 8.23. The first-order chi connectivity index (χ1) is 9.26. The van der Waals surface area contributed by atoms with E-state index in [0.717, 1.165) is 32.4 Å². The molecule has 1 saturated heterocycles. The molecule has 2 fully saturated rings. The molecule has 1 amide bonds. The fraction of sp³-hybridized carbons (Fsp3) is 0.867. The first-order valence-electron chi connectivity index (χ1n) is 7.50. The molecule has 0 radical (unpaired) electrons. The molecule has 2 aliphatic rings. The summed E-state index contributed by atoms with van der Waals surface area (Å²) in [5.41, 5.74) is -0.113. The molecular formula is C15H26N2O3.